The Morgan fingerprint density at radius 3 is 3.11 bits per heavy atom. The van der Waals surface area contributed by atoms with Crippen LogP contribution in [0.5, 0.6) is 0 Å². The second-order valence-electron chi connectivity index (χ2n) is 5.84. The molecule has 3 nitrogen and oxygen atoms in total. The van der Waals surface area contributed by atoms with Gasteiger partial charge >= 0.3 is 0 Å². The van der Waals surface area contributed by atoms with Crippen molar-refractivity contribution in [2.75, 3.05) is 19.6 Å². The average Bonchev–Trinajstić information content (AvgIpc) is 2.66. The minimum absolute atomic E-state index is 0.629. The summed E-state index contributed by atoms with van der Waals surface area (Å²) in [5.41, 5.74) is 2.72. The Labute approximate surface area is 117 Å². The van der Waals surface area contributed by atoms with Crippen LogP contribution in [0.4, 0.5) is 0 Å². The summed E-state index contributed by atoms with van der Waals surface area (Å²) in [6.07, 6.45) is 6.39. The molecule has 1 aliphatic heterocycles. The summed E-state index contributed by atoms with van der Waals surface area (Å²) >= 11 is 0. The lowest BCUT2D eigenvalue weighted by Crippen LogP contribution is -2.41. The third-order valence-corrected chi connectivity index (χ3v) is 4.38. The predicted octanol–water partition coefficient (Wildman–Crippen LogP) is 2.60. The van der Waals surface area contributed by atoms with Crippen LogP contribution in [-0.4, -0.2) is 35.6 Å². The fraction of sp³-hybridized carbons (Fsp3) is 0.688. The molecule has 0 aliphatic carbocycles. The van der Waals surface area contributed by atoms with Gasteiger partial charge in [-0.05, 0) is 49.5 Å². The van der Waals surface area contributed by atoms with E-state index < -0.39 is 0 Å². The van der Waals surface area contributed by atoms with Crippen LogP contribution in [0.2, 0.25) is 0 Å². The van der Waals surface area contributed by atoms with Crippen LogP contribution in [0.25, 0.3) is 0 Å². The molecule has 2 unspecified atom stereocenters. The topological polar surface area (TPSA) is 28.2 Å². The molecule has 1 aromatic rings. The van der Waals surface area contributed by atoms with Gasteiger partial charge in [0.05, 0.1) is 0 Å². The van der Waals surface area contributed by atoms with Crippen molar-refractivity contribution in [1.29, 1.82) is 0 Å². The lowest BCUT2D eigenvalue weighted by Gasteiger charge is -2.28. The summed E-state index contributed by atoms with van der Waals surface area (Å²) in [5, 5.41) is 3.71. The maximum absolute atomic E-state index is 4.26. The summed E-state index contributed by atoms with van der Waals surface area (Å²) < 4.78 is 0. The van der Waals surface area contributed by atoms with E-state index in [1.54, 1.807) is 0 Å². The Balaban J connectivity index is 2.01. The van der Waals surface area contributed by atoms with Gasteiger partial charge in [-0.1, -0.05) is 20.3 Å². The number of aryl methyl sites for hydroxylation is 1. The SMILES string of the molecule is CCC(C)C1CN(Cc2cnccc2C)CCCN1. The van der Waals surface area contributed by atoms with Gasteiger partial charge < -0.3 is 5.32 Å². The van der Waals surface area contributed by atoms with Crippen LogP contribution in [0.3, 0.4) is 0 Å². The minimum Gasteiger partial charge on any atom is -0.312 e. The first-order valence-corrected chi connectivity index (χ1v) is 7.56. The van der Waals surface area contributed by atoms with Gasteiger partial charge in [0.25, 0.3) is 0 Å². The number of nitrogens with one attached hydrogen (secondary N) is 1. The molecule has 0 bridgehead atoms. The summed E-state index contributed by atoms with van der Waals surface area (Å²) in [6, 6.07) is 2.74. The van der Waals surface area contributed by atoms with Crippen molar-refractivity contribution >= 4 is 0 Å². The molecule has 1 fully saturated rings. The highest BCUT2D eigenvalue weighted by Crippen LogP contribution is 2.15. The Bertz CT molecular complexity index is 391. The van der Waals surface area contributed by atoms with E-state index in [0.29, 0.717) is 6.04 Å². The molecule has 0 spiro atoms. The maximum Gasteiger partial charge on any atom is 0.0315 e. The van der Waals surface area contributed by atoms with E-state index in [4.69, 9.17) is 0 Å². The molecule has 0 amide bonds. The largest absolute Gasteiger partial charge is 0.312 e. The third-order valence-electron chi connectivity index (χ3n) is 4.38. The van der Waals surface area contributed by atoms with Crippen LogP contribution in [-0.2, 0) is 6.54 Å². The number of aromatic nitrogens is 1. The second-order valence-corrected chi connectivity index (χ2v) is 5.84. The van der Waals surface area contributed by atoms with E-state index >= 15 is 0 Å². The number of pyridine rings is 1. The first-order chi connectivity index (χ1) is 9.20. The van der Waals surface area contributed by atoms with Crippen LogP contribution in [0.1, 0.15) is 37.8 Å². The van der Waals surface area contributed by atoms with Crippen molar-refractivity contribution in [1.82, 2.24) is 15.2 Å². The quantitative estimate of drug-likeness (QED) is 0.903. The van der Waals surface area contributed by atoms with Crippen molar-refractivity contribution in [3.8, 4) is 0 Å². The van der Waals surface area contributed by atoms with E-state index in [1.807, 2.05) is 12.4 Å². The monoisotopic (exact) mass is 261 g/mol. The Kier molecular flexibility index (Phi) is 5.34. The van der Waals surface area contributed by atoms with Gasteiger partial charge in [-0.25, -0.2) is 0 Å². The summed E-state index contributed by atoms with van der Waals surface area (Å²) in [4.78, 5) is 6.85. The molecule has 0 saturated carbocycles. The molecular weight excluding hydrogens is 234 g/mol. The number of hydrogen-bond donors (Lipinski definition) is 1. The molecular formula is C16H27N3. The van der Waals surface area contributed by atoms with Crippen molar-refractivity contribution in [2.24, 2.45) is 5.92 Å². The Hall–Kier alpha value is -0.930. The van der Waals surface area contributed by atoms with Gasteiger partial charge in [-0.3, -0.25) is 9.88 Å². The smallest absolute Gasteiger partial charge is 0.0315 e. The van der Waals surface area contributed by atoms with E-state index in [2.05, 4.69) is 42.0 Å². The lowest BCUT2D eigenvalue weighted by atomic mass is 9.99. The molecule has 1 aliphatic rings. The van der Waals surface area contributed by atoms with Crippen LogP contribution in [0.15, 0.2) is 18.5 Å². The summed E-state index contributed by atoms with van der Waals surface area (Å²) in [5.74, 6) is 0.746. The van der Waals surface area contributed by atoms with Crippen molar-refractivity contribution < 1.29 is 0 Å². The lowest BCUT2D eigenvalue weighted by molar-refractivity contribution is 0.231. The molecule has 19 heavy (non-hydrogen) atoms. The molecule has 1 N–H and O–H groups in total. The van der Waals surface area contributed by atoms with E-state index in [9.17, 15) is 0 Å². The zero-order valence-corrected chi connectivity index (χ0v) is 12.5. The van der Waals surface area contributed by atoms with Crippen molar-refractivity contribution in [3.05, 3.63) is 29.6 Å². The molecule has 2 atom stereocenters. The highest BCUT2D eigenvalue weighted by atomic mass is 15.2. The zero-order chi connectivity index (χ0) is 13.7. The highest BCUT2D eigenvalue weighted by molar-refractivity contribution is 5.21. The Morgan fingerprint density at radius 1 is 1.53 bits per heavy atom. The summed E-state index contributed by atoms with van der Waals surface area (Å²) in [6.45, 7) is 11.4. The average molecular weight is 261 g/mol. The number of hydrogen-bond acceptors (Lipinski definition) is 3. The fourth-order valence-electron chi connectivity index (χ4n) is 2.74. The van der Waals surface area contributed by atoms with Gasteiger partial charge in [0, 0.05) is 31.5 Å². The molecule has 1 aromatic heterocycles. The first-order valence-electron chi connectivity index (χ1n) is 7.56. The van der Waals surface area contributed by atoms with Crippen molar-refractivity contribution in [3.63, 3.8) is 0 Å². The van der Waals surface area contributed by atoms with Crippen LogP contribution in [0, 0.1) is 12.8 Å². The van der Waals surface area contributed by atoms with Crippen molar-refractivity contribution in [2.45, 2.75) is 46.2 Å². The molecule has 106 valence electrons. The van der Waals surface area contributed by atoms with Crippen LogP contribution < -0.4 is 5.32 Å². The first kappa shape index (κ1) is 14.5. The predicted molar refractivity (Wildman–Crippen MR) is 80.1 cm³/mol. The second kappa shape index (κ2) is 7.01. The number of rotatable bonds is 4. The molecule has 0 radical (unpaired) electrons. The Morgan fingerprint density at radius 2 is 2.37 bits per heavy atom. The van der Waals surface area contributed by atoms with E-state index in [0.717, 1.165) is 25.6 Å². The number of nitrogens with zero attached hydrogens (tertiary/aromatic N) is 2. The molecule has 3 heteroatoms. The van der Waals surface area contributed by atoms with Gasteiger partial charge in [0.2, 0.25) is 0 Å². The standard InChI is InChI=1S/C16H27N3/c1-4-13(2)16-12-19(9-5-7-18-16)11-15-10-17-8-6-14(15)3/h6,8,10,13,16,18H,4-5,7,9,11-12H2,1-3H3. The normalized spacial score (nSPS) is 23.0. The maximum atomic E-state index is 4.26. The van der Waals surface area contributed by atoms with Gasteiger partial charge in [-0.15, -0.1) is 0 Å². The molecule has 0 aromatic carbocycles. The third kappa shape index (κ3) is 4.02. The van der Waals surface area contributed by atoms with E-state index in [1.165, 1.54) is 30.5 Å². The summed E-state index contributed by atoms with van der Waals surface area (Å²) in [7, 11) is 0. The van der Waals surface area contributed by atoms with Gasteiger partial charge in [-0.2, -0.15) is 0 Å². The van der Waals surface area contributed by atoms with Gasteiger partial charge in [0.15, 0.2) is 0 Å². The van der Waals surface area contributed by atoms with Gasteiger partial charge in [0.1, 0.15) is 0 Å². The molecule has 2 rings (SSSR count). The minimum atomic E-state index is 0.629. The molecule has 2 heterocycles. The molecule has 1 saturated heterocycles. The van der Waals surface area contributed by atoms with E-state index in [-0.39, 0.29) is 0 Å². The van der Waals surface area contributed by atoms with Crippen LogP contribution >= 0.6 is 0 Å². The zero-order valence-electron chi connectivity index (χ0n) is 12.5. The fourth-order valence-corrected chi connectivity index (χ4v) is 2.74. The highest BCUT2D eigenvalue weighted by Gasteiger charge is 2.21.